The van der Waals surface area contributed by atoms with Crippen molar-refractivity contribution in [2.45, 2.75) is 117 Å². The quantitative estimate of drug-likeness (QED) is 0.0631. The van der Waals surface area contributed by atoms with E-state index in [4.69, 9.17) is 0 Å². The average molecular weight is 672 g/mol. The minimum atomic E-state index is -1.10. The Hall–Kier alpha value is -2.77. The standard InChI is InChI=1S/C34H65N5O8/c1-3-5-7-9-11-13-15-17-19-35-30(40)25-38(28-33(44)45)23-21-37(27-32(42)43)22-24-39(29-34(46)47)26-31(41)36-20-18-16-14-12-10-8-6-4-2/h3-29H2,1-2H3,(H,35,40)(H,36,41)(H,42,43)(H,44,45)(H,46,47). The third-order valence-electron chi connectivity index (χ3n) is 7.98. The molecule has 0 rings (SSSR count). The Bertz CT molecular complexity index is 800. The van der Waals surface area contributed by atoms with E-state index in [0.29, 0.717) is 13.1 Å². The van der Waals surface area contributed by atoms with Crippen LogP contribution in [0.25, 0.3) is 0 Å². The molecule has 2 amide bonds. The van der Waals surface area contributed by atoms with Crippen molar-refractivity contribution in [3.63, 3.8) is 0 Å². The van der Waals surface area contributed by atoms with Gasteiger partial charge in [0.1, 0.15) is 0 Å². The van der Waals surface area contributed by atoms with E-state index in [1.54, 1.807) is 4.90 Å². The van der Waals surface area contributed by atoms with Gasteiger partial charge in [0.15, 0.2) is 0 Å². The van der Waals surface area contributed by atoms with Gasteiger partial charge in [-0.1, -0.05) is 104 Å². The number of unbranched alkanes of at least 4 members (excludes halogenated alkanes) is 14. The van der Waals surface area contributed by atoms with E-state index in [0.717, 1.165) is 38.5 Å². The van der Waals surface area contributed by atoms with Crippen LogP contribution in [0.1, 0.15) is 117 Å². The number of carbonyl (C=O) groups is 5. The second kappa shape index (κ2) is 30.6. The minimum Gasteiger partial charge on any atom is -0.480 e. The van der Waals surface area contributed by atoms with Crippen molar-refractivity contribution in [2.24, 2.45) is 0 Å². The molecule has 0 aliphatic rings. The van der Waals surface area contributed by atoms with Crippen LogP contribution in [-0.2, 0) is 24.0 Å². The first-order chi connectivity index (χ1) is 22.6. The lowest BCUT2D eigenvalue weighted by Gasteiger charge is -2.28. The predicted molar refractivity (Wildman–Crippen MR) is 183 cm³/mol. The van der Waals surface area contributed by atoms with Crippen molar-refractivity contribution >= 4 is 29.7 Å². The minimum absolute atomic E-state index is 0.128. The second-order valence-corrected chi connectivity index (χ2v) is 12.5. The monoisotopic (exact) mass is 671 g/mol. The second-order valence-electron chi connectivity index (χ2n) is 12.5. The molecule has 0 unspecified atom stereocenters. The van der Waals surface area contributed by atoms with E-state index < -0.39 is 17.9 Å². The van der Waals surface area contributed by atoms with E-state index in [-0.39, 0.29) is 70.7 Å². The number of carboxylic acids is 3. The normalized spacial score (nSPS) is 11.3. The first kappa shape index (κ1) is 44.2. The summed E-state index contributed by atoms with van der Waals surface area (Å²) in [6, 6.07) is 0. The Morgan fingerprint density at radius 2 is 0.681 bits per heavy atom. The van der Waals surface area contributed by atoms with Crippen molar-refractivity contribution in [2.75, 3.05) is 72.0 Å². The number of carbonyl (C=O) groups excluding carboxylic acids is 2. The zero-order valence-electron chi connectivity index (χ0n) is 29.3. The molecule has 0 aromatic carbocycles. The molecule has 47 heavy (non-hydrogen) atoms. The van der Waals surface area contributed by atoms with E-state index in [1.165, 1.54) is 74.0 Å². The summed E-state index contributed by atoms with van der Waals surface area (Å²) in [5.41, 5.74) is 0. The third kappa shape index (κ3) is 30.3. The number of carboxylic acid groups (broad SMARTS) is 3. The molecule has 0 spiro atoms. The van der Waals surface area contributed by atoms with Gasteiger partial charge in [0, 0.05) is 39.3 Å². The molecule has 0 radical (unpaired) electrons. The van der Waals surface area contributed by atoms with Crippen LogP contribution in [0.15, 0.2) is 0 Å². The highest BCUT2D eigenvalue weighted by Crippen LogP contribution is 2.09. The highest BCUT2D eigenvalue weighted by Gasteiger charge is 2.19. The van der Waals surface area contributed by atoms with Gasteiger partial charge in [0.2, 0.25) is 11.8 Å². The molecule has 5 N–H and O–H groups in total. The molecule has 0 aromatic rings. The van der Waals surface area contributed by atoms with Gasteiger partial charge < -0.3 is 26.0 Å². The van der Waals surface area contributed by atoms with Gasteiger partial charge in [-0.3, -0.25) is 38.7 Å². The number of nitrogens with one attached hydrogen (secondary N) is 2. The molecule has 0 aliphatic carbocycles. The van der Waals surface area contributed by atoms with Gasteiger partial charge in [-0.25, -0.2) is 0 Å². The zero-order valence-corrected chi connectivity index (χ0v) is 29.3. The number of amides is 2. The van der Waals surface area contributed by atoms with E-state index in [9.17, 15) is 39.3 Å². The molecular weight excluding hydrogens is 606 g/mol. The van der Waals surface area contributed by atoms with Gasteiger partial charge in [0.05, 0.1) is 32.7 Å². The Morgan fingerprint density at radius 3 is 1.00 bits per heavy atom. The Kier molecular flexibility index (Phi) is 28.8. The predicted octanol–water partition coefficient (Wildman–Crippen LogP) is 3.66. The number of rotatable bonds is 34. The SMILES string of the molecule is CCCCCCCCCCNC(=O)CN(CCN(CCN(CC(=O)O)CC(=O)NCCCCCCCCCC)CC(=O)O)CC(=O)O. The summed E-state index contributed by atoms with van der Waals surface area (Å²) < 4.78 is 0. The first-order valence-corrected chi connectivity index (χ1v) is 17.9. The molecule has 0 fully saturated rings. The van der Waals surface area contributed by atoms with Crippen molar-refractivity contribution in [3.8, 4) is 0 Å². The molecule has 0 saturated carbocycles. The molecule has 0 saturated heterocycles. The lowest BCUT2D eigenvalue weighted by atomic mass is 10.1. The van der Waals surface area contributed by atoms with E-state index in [1.807, 2.05) is 0 Å². The van der Waals surface area contributed by atoms with Crippen LogP contribution in [0.5, 0.6) is 0 Å². The summed E-state index contributed by atoms with van der Waals surface area (Å²) in [5, 5.41) is 33.9. The van der Waals surface area contributed by atoms with Gasteiger partial charge in [-0.15, -0.1) is 0 Å². The van der Waals surface area contributed by atoms with E-state index >= 15 is 0 Å². The van der Waals surface area contributed by atoms with Gasteiger partial charge in [0.25, 0.3) is 0 Å². The van der Waals surface area contributed by atoms with Crippen molar-refractivity contribution in [1.29, 1.82) is 0 Å². The van der Waals surface area contributed by atoms with Crippen LogP contribution >= 0.6 is 0 Å². The van der Waals surface area contributed by atoms with Crippen LogP contribution < -0.4 is 10.6 Å². The number of nitrogens with zero attached hydrogens (tertiary/aromatic N) is 3. The molecular formula is C34H65N5O8. The van der Waals surface area contributed by atoms with Crippen LogP contribution in [0.2, 0.25) is 0 Å². The van der Waals surface area contributed by atoms with Crippen LogP contribution in [-0.4, -0.2) is 132 Å². The number of aliphatic carboxylic acids is 3. The molecule has 0 bridgehead atoms. The number of hydrogen-bond donors (Lipinski definition) is 5. The molecule has 0 aromatic heterocycles. The van der Waals surface area contributed by atoms with Gasteiger partial charge >= 0.3 is 17.9 Å². The fourth-order valence-corrected chi connectivity index (χ4v) is 5.33. The lowest BCUT2D eigenvalue weighted by Crippen LogP contribution is -2.47. The molecule has 0 aliphatic heterocycles. The summed E-state index contributed by atoms with van der Waals surface area (Å²) in [6.07, 6.45) is 18.3. The van der Waals surface area contributed by atoms with Crippen molar-refractivity contribution in [1.82, 2.24) is 25.3 Å². The van der Waals surface area contributed by atoms with Crippen LogP contribution in [0, 0.1) is 0 Å². The fraction of sp³-hybridized carbons (Fsp3) is 0.853. The van der Waals surface area contributed by atoms with Crippen LogP contribution in [0.4, 0.5) is 0 Å². The summed E-state index contributed by atoms with van der Waals surface area (Å²) in [7, 11) is 0. The Labute approximate surface area is 282 Å². The maximum Gasteiger partial charge on any atom is 0.317 e. The Balaban J connectivity index is 4.73. The van der Waals surface area contributed by atoms with Crippen molar-refractivity contribution < 1.29 is 39.3 Å². The largest absolute Gasteiger partial charge is 0.480 e. The lowest BCUT2D eigenvalue weighted by molar-refractivity contribution is -0.141. The molecule has 13 heteroatoms. The highest BCUT2D eigenvalue weighted by atomic mass is 16.4. The maximum atomic E-state index is 12.5. The topological polar surface area (TPSA) is 180 Å². The first-order valence-electron chi connectivity index (χ1n) is 17.9. The summed E-state index contributed by atoms with van der Waals surface area (Å²) >= 11 is 0. The van der Waals surface area contributed by atoms with E-state index in [2.05, 4.69) is 24.5 Å². The Morgan fingerprint density at radius 1 is 0.404 bits per heavy atom. The molecule has 0 atom stereocenters. The number of hydrogen-bond acceptors (Lipinski definition) is 8. The highest BCUT2D eigenvalue weighted by molar-refractivity contribution is 5.79. The fourth-order valence-electron chi connectivity index (χ4n) is 5.33. The van der Waals surface area contributed by atoms with Gasteiger partial charge in [-0.2, -0.15) is 0 Å². The van der Waals surface area contributed by atoms with Crippen molar-refractivity contribution in [3.05, 3.63) is 0 Å². The third-order valence-corrected chi connectivity index (χ3v) is 7.98. The maximum absolute atomic E-state index is 12.5. The smallest absolute Gasteiger partial charge is 0.317 e. The summed E-state index contributed by atoms with van der Waals surface area (Å²) in [4.78, 5) is 63.9. The van der Waals surface area contributed by atoms with Crippen LogP contribution in [0.3, 0.4) is 0 Å². The summed E-state index contributed by atoms with van der Waals surface area (Å²) in [5.74, 6) is -3.87. The molecule has 13 nitrogen and oxygen atoms in total. The molecule has 0 heterocycles. The average Bonchev–Trinajstić information content (AvgIpc) is 2.99. The summed E-state index contributed by atoms with van der Waals surface area (Å²) in [6.45, 7) is 4.60. The zero-order chi connectivity index (χ0) is 35.1. The van der Waals surface area contributed by atoms with Gasteiger partial charge in [-0.05, 0) is 12.8 Å². The molecule has 274 valence electrons.